The van der Waals surface area contributed by atoms with Crippen molar-refractivity contribution in [1.82, 2.24) is 9.97 Å². The highest BCUT2D eigenvalue weighted by Gasteiger charge is 2.24. The zero-order chi connectivity index (χ0) is 21.8. The molecule has 0 radical (unpaired) electrons. The lowest BCUT2D eigenvalue weighted by molar-refractivity contribution is 0.570. The minimum absolute atomic E-state index is 0.380. The molecule has 5 nitrogen and oxygen atoms in total. The summed E-state index contributed by atoms with van der Waals surface area (Å²) >= 11 is 0. The van der Waals surface area contributed by atoms with Gasteiger partial charge in [-0.2, -0.15) is 5.26 Å². The number of nitrogens with zero attached hydrogens (tertiary/aromatic N) is 1. The van der Waals surface area contributed by atoms with Gasteiger partial charge in [-0.3, -0.25) is 0 Å². The van der Waals surface area contributed by atoms with Crippen LogP contribution in [0.25, 0.3) is 55.2 Å². The fourth-order valence-corrected chi connectivity index (χ4v) is 4.60. The molecule has 152 valence electrons. The fourth-order valence-electron chi connectivity index (χ4n) is 4.60. The van der Waals surface area contributed by atoms with Gasteiger partial charge in [0.05, 0.1) is 28.2 Å². The molecule has 5 heteroatoms. The molecule has 0 fully saturated rings. The summed E-state index contributed by atoms with van der Waals surface area (Å²) in [7, 11) is 0. The summed E-state index contributed by atoms with van der Waals surface area (Å²) in [4.78, 5) is 20.2. The van der Waals surface area contributed by atoms with Crippen LogP contribution in [-0.4, -0.2) is 9.97 Å². The van der Waals surface area contributed by atoms with Crippen molar-refractivity contribution in [2.75, 3.05) is 0 Å². The number of nitriles is 1. The molecule has 0 aliphatic carbocycles. The predicted molar refractivity (Wildman–Crippen MR) is 127 cm³/mol. The second-order valence-electron chi connectivity index (χ2n) is 7.87. The molecule has 0 bridgehead atoms. The maximum Gasteiger partial charge on any atom is 0.346 e. The number of nitrogens with one attached hydrogen (secondary N) is 2. The second kappa shape index (κ2) is 6.73. The largest absolute Gasteiger partial charge is 0.422 e. The molecule has 3 heterocycles. The maximum absolute atomic E-state index is 13.3. The molecule has 0 saturated carbocycles. The van der Waals surface area contributed by atoms with Crippen molar-refractivity contribution < 1.29 is 4.42 Å². The highest BCUT2D eigenvalue weighted by Crippen LogP contribution is 2.43. The Bertz CT molecular complexity index is 1760. The second-order valence-corrected chi connectivity index (χ2v) is 7.87. The number of aromatic nitrogens is 2. The highest BCUT2D eigenvalue weighted by atomic mass is 16.4. The molecule has 3 aromatic carbocycles. The van der Waals surface area contributed by atoms with Crippen LogP contribution < -0.4 is 5.63 Å². The van der Waals surface area contributed by atoms with E-state index in [0.717, 1.165) is 49.9 Å². The number of benzene rings is 3. The van der Waals surface area contributed by atoms with Gasteiger partial charge in [0.25, 0.3) is 0 Å². The first-order valence-electron chi connectivity index (χ1n) is 10.3. The van der Waals surface area contributed by atoms with E-state index in [1.165, 1.54) is 0 Å². The van der Waals surface area contributed by atoms with Crippen LogP contribution in [0.1, 0.15) is 11.3 Å². The molecule has 0 unspecified atom stereocenters. The van der Waals surface area contributed by atoms with Crippen LogP contribution in [0.4, 0.5) is 0 Å². The average molecular weight is 415 g/mol. The van der Waals surface area contributed by atoms with Crippen LogP contribution >= 0.6 is 0 Å². The lowest BCUT2D eigenvalue weighted by atomic mass is 9.96. The summed E-state index contributed by atoms with van der Waals surface area (Å²) < 4.78 is 5.72. The standard InChI is InChI=1S/C27H17N3O2/c1-15-22(18-6-2-4-8-20(18)29-15)23-24-26(19-7-3-5-9-21(19)32-27(24)31)30-25(23)17-12-10-16(14-28)11-13-17/h2-13,29-30H,1H3. The third kappa shape index (κ3) is 2.53. The Labute approximate surface area is 182 Å². The number of hydrogen-bond donors (Lipinski definition) is 2. The van der Waals surface area contributed by atoms with Gasteiger partial charge in [0.1, 0.15) is 5.58 Å². The topological polar surface area (TPSA) is 85.6 Å². The Morgan fingerprint density at radius 2 is 1.56 bits per heavy atom. The molecule has 6 aromatic rings. The van der Waals surface area contributed by atoms with E-state index in [9.17, 15) is 10.1 Å². The van der Waals surface area contributed by atoms with Gasteiger partial charge < -0.3 is 14.4 Å². The van der Waals surface area contributed by atoms with E-state index in [1.54, 1.807) is 18.2 Å². The van der Waals surface area contributed by atoms with Gasteiger partial charge in [0.2, 0.25) is 0 Å². The molecule has 2 N–H and O–H groups in total. The van der Waals surface area contributed by atoms with Gasteiger partial charge in [0.15, 0.2) is 0 Å². The molecule has 0 atom stereocenters. The Hall–Kier alpha value is -4.56. The lowest BCUT2D eigenvalue weighted by Gasteiger charge is -2.06. The number of aromatic amines is 2. The monoisotopic (exact) mass is 415 g/mol. The van der Waals surface area contributed by atoms with Gasteiger partial charge in [-0.15, -0.1) is 0 Å². The average Bonchev–Trinajstić information content (AvgIpc) is 3.37. The number of aryl methyl sites for hydroxylation is 1. The zero-order valence-electron chi connectivity index (χ0n) is 17.2. The molecule has 0 aliphatic rings. The first-order chi connectivity index (χ1) is 15.7. The van der Waals surface area contributed by atoms with Crippen molar-refractivity contribution in [2.24, 2.45) is 0 Å². The number of fused-ring (bicyclic) bond motifs is 4. The van der Waals surface area contributed by atoms with Crippen LogP contribution in [0.15, 0.2) is 82.0 Å². The summed E-state index contributed by atoms with van der Waals surface area (Å²) in [5, 5.41) is 11.6. The van der Waals surface area contributed by atoms with E-state index in [0.29, 0.717) is 16.5 Å². The molecule has 0 saturated heterocycles. The molecule has 0 amide bonds. The summed E-state index contributed by atoms with van der Waals surface area (Å²) in [5.74, 6) is 0. The molecular formula is C27H17N3O2. The van der Waals surface area contributed by atoms with Crippen LogP contribution in [0.5, 0.6) is 0 Å². The van der Waals surface area contributed by atoms with Crippen molar-refractivity contribution in [3.05, 3.63) is 94.5 Å². The molecule has 0 spiro atoms. The highest BCUT2D eigenvalue weighted by molar-refractivity contribution is 6.16. The SMILES string of the molecule is Cc1[nH]c2ccccc2c1-c1c(-c2ccc(C#N)cc2)[nH]c2c1c(=O)oc1ccccc12. The lowest BCUT2D eigenvalue weighted by Crippen LogP contribution is -2.00. The van der Waals surface area contributed by atoms with Crippen molar-refractivity contribution in [2.45, 2.75) is 6.92 Å². The Morgan fingerprint density at radius 1 is 0.844 bits per heavy atom. The van der Waals surface area contributed by atoms with Crippen molar-refractivity contribution in [1.29, 1.82) is 5.26 Å². The van der Waals surface area contributed by atoms with Crippen LogP contribution in [0.3, 0.4) is 0 Å². The van der Waals surface area contributed by atoms with E-state index >= 15 is 0 Å². The molecular weight excluding hydrogens is 398 g/mol. The van der Waals surface area contributed by atoms with Crippen LogP contribution in [-0.2, 0) is 0 Å². The normalized spacial score (nSPS) is 11.4. The quantitative estimate of drug-likeness (QED) is 0.327. The summed E-state index contributed by atoms with van der Waals surface area (Å²) in [6.07, 6.45) is 0. The van der Waals surface area contributed by atoms with Crippen LogP contribution in [0.2, 0.25) is 0 Å². The molecule has 6 rings (SSSR count). The van der Waals surface area contributed by atoms with E-state index in [4.69, 9.17) is 4.42 Å². The Balaban J connectivity index is 1.82. The minimum Gasteiger partial charge on any atom is -0.422 e. The molecule has 32 heavy (non-hydrogen) atoms. The van der Waals surface area contributed by atoms with E-state index in [-0.39, 0.29) is 5.63 Å². The van der Waals surface area contributed by atoms with Gasteiger partial charge in [-0.1, -0.05) is 42.5 Å². The number of hydrogen-bond acceptors (Lipinski definition) is 3. The zero-order valence-corrected chi connectivity index (χ0v) is 17.2. The minimum atomic E-state index is -0.380. The molecule has 0 aliphatic heterocycles. The summed E-state index contributed by atoms with van der Waals surface area (Å²) in [6, 6.07) is 25.1. The number of rotatable bonds is 2. The Morgan fingerprint density at radius 3 is 2.34 bits per heavy atom. The molecule has 3 aromatic heterocycles. The maximum atomic E-state index is 13.3. The number of para-hydroxylation sites is 2. The number of H-pyrrole nitrogens is 2. The van der Waals surface area contributed by atoms with Crippen molar-refractivity contribution in [3.8, 4) is 28.5 Å². The van der Waals surface area contributed by atoms with Crippen molar-refractivity contribution >= 4 is 32.8 Å². The van der Waals surface area contributed by atoms with E-state index in [1.807, 2.05) is 55.5 Å². The fraction of sp³-hybridized carbons (Fsp3) is 0.0370. The van der Waals surface area contributed by atoms with E-state index in [2.05, 4.69) is 22.1 Å². The predicted octanol–water partition coefficient (Wildman–Crippen LogP) is 6.27. The summed E-state index contributed by atoms with van der Waals surface area (Å²) in [6.45, 7) is 2.01. The van der Waals surface area contributed by atoms with Crippen LogP contribution in [0, 0.1) is 18.3 Å². The van der Waals surface area contributed by atoms with Gasteiger partial charge in [-0.05, 0) is 42.8 Å². The smallest absolute Gasteiger partial charge is 0.346 e. The summed E-state index contributed by atoms with van der Waals surface area (Å²) in [5.41, 5.74) is 6.95. The first kappa shape index (κ1) is 18.2. The van der Waals surface area contributed by atoms with Gasteiger partial charge >= 0.3 is 5.63 Å². The third-order valence-corrected chi connectivity index (χ3v) is 6.01. The van der Waals surface area contributed by atoms with Gasteiger partial charge in [-0.25, -0.2) is 4.79 Å². The van der Waals surface area contributed by atoms with Crippen molar-refractivity contribution in [3.63, 3.8) is 0 Å². The van der Waals surface area contributed by atoms with Gasteiger partial charge in [0, 0.05) is 33.1 Å². The first-order valence-corrected chi connectivity index (χ1v) is 10.3. The third-order valence-electron chi connectivity index (χ3n) is 6.01. The Kier molecular flexibility index (Phi) is 3.83. The van der Waals surface area contributed by atoms with E-state index < -0.39 is 0 Å².